The molecule has 1 saturated heterocycles. The Labute approximate surface area is 102 Å². The summed E-state index contributed by atoms with van der Waals surface area (Å²) in [4.78, 5) is 11.6. The van der Waals surface area contributed by atoms with Crippen molar-refractivity contribution in [2.75, 3.05) is 19.8 Å². The highest BCUT2D eigenvalue weighted by Crippen LogP contribution is 2.22. The molecule has 2 amide bonds. The first kappa shape index (κ1) is 12.6. The third-order valence-corrected chi connectivity index (χ3v) is 3.76. The fourth-order valence-electron chi connectivity index (χ4n) is 2.60. The molecule has 0 aromatic rings. The molecule has 0 spiro atoms. The zero-order valence-electron chi connectivity index (χ0n) is 10.3. The molecule has 0 radical (unpaired) electrons. The molecule has 1 aliphatic heterocycles. The average Bonchev–Trinajstić information content (AvgIpc) is 2.81. The van der Waals surface area contributed by atoms with E-state index in [2.05, 4.69) is 10.6 Å². The van der Waals surface area contributed by atoms with Crippen LogP contribution in [0.2, 0.25) is 0 Å². The third-order valence-electron chi connectivity index (χ3n) is 3.76. The number of hydrogen-bond acceptors (Lipinski definition) is 3. The summed E-state index contributed by atoms with van der Waals surface area (Å²) in [5.41, 5.74) is 6.04. The Hall–Kier alpha value is -0.810. The number of nitrogens with two attached hydrogens (primary N) is 1. The van der Waals surface area contributed by atoms with Gasteiger partial charge in [0.1, 0.15) is 0 Å². The van der Waals surface area contributed by atoms with Crippen molar-refractivity contribution in [1.29, 1.82) is 0 Å². The zero-order valence-corrected chi connectivity index (χ0v) is 10.3. The monoisotopic (exact) mass is 241 g/mol. The predicted octanol–water partition coefficient (Wildman–Crippen LogP) is 0.592. The summed E-state index contributed by atoms with van der Waals surface area (Å²) in [7, 11) is 0. The van der Waals surface area contributed by atoms with E-state index in [4.69, 9.17) is 10.5 Å². The molecule has 1 aliphatic carbocycles. The molecule has 5 nitrogen and oxygen atoms in total. The van der Waals surface area contributed by atoms with E-state index in [-0.39, 0.29) is 18.1 Å². The largest absolute Gasteiger partial charge is 0.379 e. The predicted molar refractivity (Wildman–Crippen MR) is 65.7 cm³/mol. The van der Waals surface area contributed by atoms with E-state index in [0.717, 1.165) is 25.9 Å². The maximum Gasteiger partial charge on any atom is 0.315 e. The lowest BCUT2D eigenvalue weighted by Crippen LogP contribution is -2.47. The van der Waals surface area contributed by atoms with Gasteiger partial charge in [0.05, 0.1) is 12.6 Å². The van der Waals surface area contributed by atoms with Gasteiger partial charge in [-0.15, -0.1) is 0 Å². The Balaban J connectivity index is 1.64. The first-order valence-corrected chi connectivity index (χ1v) is 6.63. The lowest BCUT2D eigenvalue weighted by molar-refractivity contribution is 0.188. The van der Waals surface area contributed by atoms with Crippen molar-refractivity contribution in [3.8, 4) is 0 Å². The van der Waals surface area contributed by atoms with Crippen LogP contribution in [0.5, 0.6) is 0 Å². The Morgan fingerprint density at radius 1 is 1.29 bits per heavy atom. The van der Waals surface area contributed by atoms with Crippen molar-refractivity contribution >= 4 is 6.03 Å². The number of nitrogens with one attached hydrogen (secondary N) is 2. The highest BCUT2D eigenvalue weighted by atomic mass is 16.5. The van der Waals surface area contributed by atoms with Gasteiger partial charge in [0.2, 0.25) is 0 Å². The standard InChI is InChI=1S/C12H23N3O2/c13-11-4-2-1-3-9(11)7-14-12(16)15-10-5-6-17-8-10/h9-11H,1-8,13H2,(H2,14,15,16). The summed E-state index contributed by atoms with van der Waals surface area (Å²) in [5.74, 6) is 0.439. The van der Waals surface area contributed by atoms with Crippen LogP contribution in [-0.2, 0) is 4.74 Å². The molecule has 5 heteroatoms. The van der Waals surface area contributed by atoms with Crippen LogP contribution in [0.3, 0.4) is 0 Å². The van der Waals surface area contributed by atoms with E-state index in [0.29, 0.717) is 19.1 Å². The number of amides is 2. The normalized spacial score (nSPS) is 33.4. The van der Waals surface area contributed by atoms with Crippen LogP contribution in [0.25, 0.3) is 0 Å². The molecule has 4 N–H and O–H groups in total. The highest BCUT2D eigenvalue weighted by Gasteiger charge is 2.23. The number of carbonyl (C=O) groups is 1. The van der Waals surface area contributed by atoms with E-state index >= 15 is 0 Å². The summed E-state index contributed by atoms with van der Waals surface area (Å²) in [5, 5.41) is 5.84. The Bertz CT molecular complexity index is 254. The van der Waals surface area contributed by atoms with E-state index < -0.39 is 0 Å². The van der Waals surface area contributed by atoms with Crippen molar-refractivity contribution < 1.29 is 9.53 Å². The van der Waals surface area contributed by atoms with Gasteiger partial charge in [-0.2, -0.15) is 0 Å². The van der Waals surface area contributed by atoms with Gasteiger partial charge in [-0.3, -0.25) is 0 Å². The van der Waals surface area contributed by atoms with Crippen molar-refractivity contribution in [3.63, 3.8) is 0 Å². The number of rotatable bonds is 3. The van der Waals surface area contributed by atoms with Gasteiger partial charge < -0.3 is 21.1 Å². The molecule has 0 bridgehead atoms. The van der Waals surface area contributed by atoms with E-state index in [9.17, 15) is 4.79 Å². The molecule has 3 atom stereocenters. The maximum absolute atomic E-state index is 11.6. The second-order valence-electron chi connectivity index (χ2n) is 5.12. The summed E-state index contributed by atoms with van der Waals surface area (Å²) >= 11 is 0. The number of carbonyl (C=O) groups excluding carboxylic acids is 1. The molecule has 98 valence electrons. The van der Waals surface area contributed by atoms with Crippen LogP contribution in [0.15, 0.2) is 0 Å². The quantitative estimate of drug-likeness (QED) is 0.677. The van der Waals surface area contributed by atoms with Gasteiger partial charge in [0.15, 0.2) is 0 Å². The van der Waals surface area contributed by atoms with Gasteiger partial charge in [-0.05, 0) is 25.2 Å². The summed E-state index contributed by atoms with van der Waals surface area (Å²) < 4.78 is 5.21. The van der Waals surface area contributed by atoms with Gasteiger partial charge in [-0.25, -0.2) is 4.79 Å². The molecule has 3 unspecified atom stereocenters. The van der Waals surface area contributed by atoms with Crippen LogP contribution in [0.1, 0.15) is 32.1 Å². The molecule has 1 heterocycles. The van der Waals surface area contributed by atoms with E-state index in [1.807, 2.05) is 0 Å². The summed E-state index contributed by atoms with van der Waals surface area (Å²) in [6.07, 6.45) is 5.59. The second kappa shape index (κ2) is 6.21. The SMILES string of the molecule is NC1CCCCC1CNC(=O)NC1CCOC1. The average molecular weight is 241 g/mol. The molecule has 2 fully saturated rings. The molecule has 0 aromatic carbocycles. The Morgan fingerprint density at radius 2 is 2.12 bits per heavy atom. The molecular formula is C12H23N3O2. The number of hydrogen-bond donors (Lipinski definition) is 3. The van der Waals surface area contributed by atoms with E-state index in [1.165, 1.54) is 12.8 Å². The van der Waals surface area contributed by atoms with Crippen molar-refractivity contribution in [3.05, 3.63) is 0 Å². The fourth-order valence-corrected chi connectivity index (χ4v) is 2.60. The molecule has 2 aliphatic rings. The van der Waals surface area contributed by atoms with Gasteiger partial charge in [0, 0.05) is 19.2 Å². The topological polar surface area (TPSA) is 76.4 Å². The Kier molecular flexibility index (Phi) is 4.62. The van der Waals surface area contributed by atoms with Crippen LogP contribution in [-0.4, -0.2) is 37.9 Å². The van der Waals surface area contributed by atoms with Crippen molar-refractivity contribution in [1.82, 2.24) is 10.6 Å². The zero-order chi connectivity index (χ0) is 12.1. The lowest BCUT2D eigenvalue weighted by Gasteiger charge is -2.28. The van der Waals surface area contributed by atoms with E-state index in [1.54, 1.807) is 0 Å². The maximum atomic E-state index is 11.6. The molecule has 17 heavy (non-hydrogen) atoms. The van der Waals surface area contributed by atoms with Gasteiger partial charge in [-0.1, -0.05) is 12.8 Å². The van der Waals surface area contributed by atoms with Crippen LogP contribution in [0.4, 0.5) is 4.79 Å². The molecule has 1 saturated carbocycles. The Morgan fingerprint density at radius 3 is 2.82 bits per heavy atom. The first-order chi connectivity index (χ1) is 8.25. The van der Waals surface area contributed by atoms with Crippen LogP contribution < -0.4 is 16.4 Å². The minimum absolute atomic E-state index is 0.0849. The second-order valence-corrected chi connectivity index (χ2v) is 5.12. The fraction of sp³-hybridized carbons (Fsp3) is 0.917. The van der Waals surface area contributed by atoms with Crippen LogP contribution in [0, 0.1) is 5.92 Å². The van der Waals surface area contributed by atoms with Crippen LogP contribution >= 0.6 is 0 Å². The minimum atomic E-state index is -0.0849. The summed E-state index contributed by atoms with van der Waals surface area (Å²) in [6, 6.07) is 0.340. The summed E-state index contributed by atoms with van der Waals surface area (Å²) in [6.45, 7) is 2.08. The third kappa shape index (κ3) is 3.85. The smallest absolute Gasteiger partial charge is 0.315 e. The highest BCUT2D eigenvalue weighted by molar-refractivity contribution is 5.74. The minimum Gasteiger partial charge on any atom is -0.379 e. The molecular weight excluding hydrogens is 218 g/mol. The van der Waals surface area contributed by atoms with Crippen molar-refractivity contribution in [2.45, 2.75) is 44.2 Å². The first-order valence-electron chi connectivity index (χ1n) is 6.63. The number of ether oxygens (including phenoxy) is 1. The molecule has 2 rings (SSSR count). The lowest BCUT2D eigenvalue weighted by atomic mass is 9.85. The number of urea groups is 1. The van der Waals surface area contributed by atoms with Gasteiger partial charge >= 0.3 is 6.03 Å². The molecule has 0 aromatic heterocycles. The van der Waals surface area contributed by atoms with Gasteiger partial charge in [0.25, 0.3) is 0 Å². The van der Waals surface area contributed by atoms with Crippen molar-refractivity contribution in [2.24, 2.45) is 11.7 Å².